The van der Waals surface area contributed by atoms with Crippen LogP contribution in [0.4, 0.5) is 18.0 Å². The molecule has 1 N–H and O–H groups in total. The maximum absolute atomic E-state index is 12.5. The molecular weight excluding hydrogens is 339 g/mol. The summed E-state index contributed by atoms with van der Waals surface area (Å²) >= 11 is 0. The zero-order chi connectivity index (χ0) is 19.0. The van der Waals surface area contributed by atoms with E-state index in [2.05, 4.69) is 15.0 Å². The van der Waals surface area contributed by atoms with Gasteiger partial charge in [0.1, 0.15) is 16.9 Å². The molecule has 138 valence electrons. The molecule has 2 aromatic heterocycles. The van der Waals surface area contributed by atoms with Crippen LogP contribution < -0.4 is 10.1 Å². The fourth-order valence-corrected chi connectivity index (χ4v) is 2.28. The van der Waals surface area contributed by atoms with E-state index in [4.69, 9.17) is 4.74 Å². The van der Waals surface area contributed by atoms with E-state index in [0.717, 1.165) is 0 Å². The number of nitrogens with one attached hydrogen (secondary N) is 1. The number of carbonyl (C=O) groups is 1. The van der Waals surface area contributed by atoms with Gasteiger partial charge in [-0.2, -0.15) is 0 Å². The Bertz CT molecular complexity index is 776. The van der Waals surface area contributed by atoms with Gasteiger partial charge in [-0.05, 0) is 46.8 Å². The average molecular weight is 359 g/mol. The standard InChI is InChI=1S/C16H20F3N3O3/c1-14(2,3)25-13(23)21-15(4,5)12-20-9-10-11(24-16(17,18)19)7-6-8-22(10)12/h6-9H,1-5H3,(H,21,23). The largest absolute Gasteiger partial charge is 0.573 e. The molecule has 0 saturated heterocycles. The van der Waals surface area contributed by atoms with Gasteiger partial charge in [-0.15, -0.1) is 13.2 Å². The van der Waals surface area contributed by atoms with Crippen LogP contribution in [0, 0.1) is 0 Å². The predicted octanol–water partition coefficient (Wildman–Crippen LogP) is 3.99. The molecular formula is C16H20F3N3O3. The van der Waals surface area contributed by atoms with Gasteiger partial charge in [-0.1, -0.05) is 0 Å². The first-order valence-electron chi connectivity index (χ1n) is 7.52. The predicted molar refractivity (Wildman–Crippen MR) is 84.3 cm³/mol. The molecule has 2 rings (SSSR count). The molecule has 2 heterocycles. The molecule has 0 unspecified atom stereocenters. The van der Waals surface area contributed by atoms with Gasteiger partial charge >= 0.3 is 12.5 Å². The summed E-state index contributed by atoms with van der Waals surface area (Å²) in [5.74, 6) is -0.0391. The van der Waals surface area contributed by atoms with Crippen LogP contribution in [0.5, 0.6) is 5.75 Å². The third kappa shape index (κ3) is 4.77. The van der Waals surface area contributed by atoms with Crippen molar-refractivity contribution in [1.82, 2.24) is 14.7 Å². The summed E-state index contributed by atoms with van der Waals surface area (Å²) in [5, 5.41) is 2.67. The number of aromatic nitrogens is 2. The van der Waals surface area contributed by atoms with E-state index in [1.165, 1.54) is 22.7 Å². The first-order chi connectivity index (χ1) is 11.3. The molecule has 0 spiro atoms. The Morgan fingerprint density at radius 3 is 2.40 bits per heavy atom. The Kier molecular flexibility index (Phi) is 4.63. The number of amides is 1. The summed E-state index contributed by atoms with van der Waals surface area (Å²) in [6, 6.07) is 2.60. The van der Waals surface area contributed by atoms with Gasteiger partial charge in [0.15, 0.2) is 5.75 Å². The van der Waals surface area contributed by atoms with E-state index in [9.17, 15) is 18.0 Å². The van der Waals surface area contributed by atoms with Crippen LogP contribution >= 0.6 is 0 Å². The average Bonchev–Trinajstić information content (AvgIpc) is 2.79. The quantitative estimate of drug-likeness (QED) is 0.900. The number of rotatable bonds is 3. The van der Waals surface area contributed by atoms with Crippen molar-refractivity contribution in [1.29, 1.82) is 0 Å². The number of imidazole rings is 1. The number of pyridine rings is 1. The lowest BCUT2D eigenvalue weighted by atomic mass is 10.1. The monoisotopic (exact) mass is 359 g/mol. The summed E-state index contributed by atoms with van der Waals surface area (Å²) in [4.78, 5) is 16.2. The topological polar surface area (TPSA) is 64.9 Å². The van der Waals surface area contributed by atoms with E-state index in [-0.39, 0.29) is 11.3 Å². The van der Waals surface area contributed by atoms with Crippen LogP contribution in [-0.2, 0) is 10.3 Å². The number of carbonyl (C=O) groups excluding carboxylic acids is 1. The summed E-state index contributed by atoms with van der Waals surface area (Å²) < 4.78 is 48.2. The van der Waals surface area contributed by atoms with Crippen LogP contribution in [-0.4, -0.2) is 27.4 Å². The van der Waals surface area contributed by atoms with Gasteiger partial charge in [-0.3, -0.25) is 4.40 Å². The molecule has 0 aliphatic carbocycles. The molecule has 25 heavy (non-hydrogen) atoms. The van der Waals surface area contributed by atoms with E-state index in [1.807, 2.05) is 0 Å². The van der Waals surface area contributed by atoms with Gasteiger partial charge < -0.3 is 14.8 Å². The Hall–Kier alpha value is -2.45. The number of ether oxygens (including phenoxy) is 2. The number of hydrogen-bond acceptors (Lipinski definition) is 4. The molecule has 0 aromatic carbocycles. The summed E-state index contributed by atoms with van der Waals surface area (Å²) in [6.45, 7) is 8.52. The van der Waals surface area contributed by atoms with Gasteiger partial charge in [0.25, 0.3) is 0 Å². The second-order valence-electron chi connectivity index (χ2n) is 7.01. The SMILES string of the molecule is CC(C)(C)OC(=O)NC(C)(C)c1ncc2c(OC(F)(F)F)cccn12. The van der Waals surface area contributed by atoms with E-state index in [1.54, 1.807) is 40.8 Å². The normalized spacial score (nSPS) is 13.0. The molecule has 0 aliphatic heterocycles. The third-order valence-corrected chi connectivity index (χ3v) is 3.13. The lowest BCUT2D eigenvalue weighted by Crippen LogP contribution is -2.44. The van der Waals surface area contributed by atoms with Crippen molar-refractivity contribution >= 4 is 11.6 Å². The molecule has 0 aliphatic rings. The Balaban J connectivity index is 2.34. The highest BCUT2D eigenvalue weighted by Gasteiger charge is 2.34. The number of fused-ring (bicyclic) bond motifs is 1. The molecule has 0 saturated carbocycles. The fraction of sp³-hybridized carbons (Fsp3) is 0.500. The van der Waals surface area contributed by atoms with Crippen molar-refractivity contribution in [2.75, 3.05) is 0 Å². The minimum atomic E-state index is -4.81. The minimum absolute atomic E-state index is 0.133. The highest BCUT2D eigenvalue weighted by atomic mass is 19.4. The van der Waals surface area contributed by atoms with Crippen molar-refractivity contribution in [3.8, 4) is 5.75 Å². The van der Waals surface area contributed by atoms with Gasteiger partial charge in [0.05, 0.1) is 11.7 Å². The summed E-state index contributed by atoms with van der Waals surface area (Å²) in [6.07, 6.45) is -2.66. The van der Waals surface area contributed by atoms with Crippen molar-refractivity contribution in [3.05, 3.63) is 30.4 Å². The van der Waals surface area contributed by atoms with Gasteiger partial charge in [-0.25, -0.2) is 9.78 Å². The number of halogens is 3. The molecule has 0 fully saturated rings. The Labute approximate surface area is 142 Å². The first-order valence-corrected chi connectivity index (χ1v) is 7.52. The highest BCUT2D eigenvalue weighted by Crippen LogP contribution is 2.30. The van der Waals surface area contributed by atoms with Crippen molar-refractivity contribution in [2.45, 2.75) is 52.1 Å². The molecule has 1 amide bonds. The Morgan fingerprint density at radius 1 is 1.20 bits per heavy atom. The maximum atomic E-state index is 12.5. The zero-order valence-electron chi connectivity index (χ0n) is 14.6. The third-order valence-electron chi connectivity index (χ3n) is 3.13. The second-order valence-corrected chi connectivity index (χ2v) is 7.01. The molecule has 0 radical (unpaired) electrons. The summed E-state index contributed by atoms with van der Waals surface area (Å²) in [5.41, 5.74) is -1.54. The van der Waals surface area contributed by atoms with Crippen molar-refractivity contribution in [2.24, 2.45) is 0 Å². The van der Waals surface area contributed by atoms with Crippen LogP contribution in [0.1, 0.15) is 40.4 Å². The van der Waals surface area contributed by atoms with E-state index >= 15 is 0 Å². The summed E-state index contributed by atoms with van der Waals surface area (Å²) in [7, 11) is 0. The number of nitrogens with zero attached hydrogens (tertiary/aromatic N) is 2. The first kappa shape index (κ1) is 18.9. The maximum Gasteiger partial charge on any atom is 0.573 e. The molecule has 0 bridgehead atoms. The fourth-order valence-electron chi connectivity index (χ4n) is 2.28. The van der Waals surface area contributed by atoms with Gasteiger partial charge in [0.2, 0.25) is 0 Å². The van der Waals surface area contributed by atoms with E-state index in [0.29, 0.717) is 5.82 Å². The van der Waals surface area contributed by atoms with Gasteiger partial charge in [0, 0.05) is 6.20 Å². The molecule has 9 heteroatoms. The molecule has 2 aromatic rings. The van der Waals surface area contributed by atoms with Crippen LogP contribution in [0.2, 0.25) is 0 Å². The minimum Gasteiger partial charge on any atom is -0.444 e. The number of alkyl halides is 3. The van der Waals surface area contributed by atoms with Crippen LogP contribution in [0.3, 0.4) is 0 Å². The Morgan fingerprint density at radius 2 is 1.84 bits per heavy atom. The lowest BCUT2D eigenvalue weighted by molar-refractivity contribution is -0.274. The smallest absolute Gasteiger partial charge is 0.444 e. The zero-order valence-corrected chi connectivity index (χ0v) is 14.6. The molecule has 0 atom stereocenters. The van der Waals surface area contributed by atoms with Crippen molar-refractivity contribution in [3.63, 3.8) is 0 Å². The number of alkyl carbamates (subject to hydrolysis) is 1. The number of hydrogen-bond donors (Lipinski definition) is 1. The van der Waals surface area contributed by atoms with Crippen molar-refractivity contribution < 1.29 is 27.4 Å². The van der Waals surface area contributed by atoms with E-state index < -0.39 is 23.6 Å². The molecule has 6 nitrogen and oxygen atoms in total. The lowest BCUT2D eigenvalue weighted by Gasteiger charge is -2.27. The second kappa shape index (κ2) is 6.12. The highest BCUT2D eigenvalue weighted by molar-refractivity contribution is 5.69. The van der Waals surface area contributed by atoms with Crippen LogP contribution in [0.25, 0.3) is 5.52 Å². The van der Waals surface area contributed by atoms with Crippen LogP contribution in [0.15, 0.2) is 24.5 Å².